The fourth-order valence-corrected chi connectivity index (χ4v) is 0.742. The molecule has 0 aliphatic heterocycles. The normalized spacial score (nSPS) is 30.6. The maximum absolute atomic E-state index is 10.1. The lowest BCUT2D eigenvalue weighted by molar-refractivity contribution is -0.138. The van der Waals surface area contributed by atoms with Gasteiger partial charge in [-0.2, -0.15) is 0 Å². The molecule has 1 atom stereocenters. The van der Waals surface area contributed by atoms with Crippen molar-refractivity contribution in [2.75, 3.05) is 0 Å². The third kappa shape index (κ3) is 0.735. The second-order valence-corrected chi connectivity index (χ2v) is 1.96. The highest BCUT2D eigenvalue weighted by Gasteiger charge is 2.35. The van der Waals surface area contributed by atoms with Crippen LogP contribution in [0.25, 0.3) is 0 Å². The molecule has 0 aromatic carbocycles. The molecule has 0 aromatic rings. The molecule has 2 heteroatoms. The second kappa shape index (κ2) is 1.62. The number of carbonyl (C=O) groups is 1. The molecule has 0 heterocycles. The van der Waals surface area contributed by atoms with Gasteiger partial charge in [-0.15, -0.1) is 0 Å². The van der Waals surface area contributed by atoms with Gasteiger partial charge in [0.1, 0.15) is 0 Å². The Balaban J connectivity index is 2.49. The minimum Gasteiger partial charge on any atom is -0.481 e. The van der Waals surface area contributed by atoms with Gasteiger partial charge < -0.3 is 5.11 Å². The van der Waals surface area contributed by atoms with Gasteiger partial charge in [0.15, 0.2) is 0 Å². The van der Waals surface area contributed by atoms with Gasteiger partial charge in [0, 0.05) is 0 Å². The highest BCUT2D eigenvalue weighted by molar-refractivity contribution is 5.78. The van der Waals surface area contributed by atoms with Gasteiger partial charge in [-0.1, -0.05) is 11.6 Å². The highest BCUT2D eigenvalue weighted by Crippen LogP contribution is 2.37. The van der Waals surface area contributed by atoms with Crippen LogP contribution in [0.2, 0.25) is 0 Å². The van der Waals surface area contributed by atoms with Crippen molar-refractivity contribution in [2.24, 2.45) is 5.92 Å². The molecule has 0 spiro atoms. The number of carboxylic acid groups (broad SMARTS) is 1. The first-order valence-electron chi connectivity index (χ1n) is 2.63. The molecule has 1 saturated carbocycles. The Bertz CT molecular complexity index is 147. The van der Waals surface area contributed by atoms with E-state index in [4.69, 9.17) is 5.11 Å². The molecule has 44 valence electrons. The third-order valence-electron chi connectivity index (χ3n) is 1.40. The lowest BCUT2D eigenvalue weighted by Gasteiger charge is -1.77. The van der Waals surface area contributed by atoms with E-state index in [9.17, 15) is 4.79 Å². The van der Waals surface area contributed by atoms with E-state index < -0.39 is 5.97 Å². The predicted octanol–water partition coefficient (Wildman–Crippen LogP) is 1.04. The summed E-state index contributed by atoms with van der Waals surface area (Å²) in [4.78, 5) is 10.1. The molecule has 0 unspecified atom stereocenters. The van der Waals surface area contributed by atoms with Gasteiger partial charge in [-0.25, -0.2) is 0 Å². The molecule has 0 aromatic heterocycles. The maximum atomic E-state index is 10.1. The second-order valence-electron chi connectivity index (χ2n) is 1.96. The van der Waals surface area contributed by atoms with Crippen LogP contribution in [0, 0.1) is 5.92 Å². The molecule has 1 fully saturated rings. The molecule has 0 amide bonds. The summed E-state index contributed by atoms with van der Waals surface area (Å²) in [5.74, 6) is -0.821. The van der Waals surface area contributed by atoms with Crippen LogP contribution in [0.4, 0.5) is 0 Å². The summed E-state index contributed by atoms with van der Waals surface area (Å²) in [6, 6.07) is 0. The first kappa shape index (κ1) is 5.35. The summed E-state index contributed by atoms with van der Waals surface area (Å²) >= 11 is 0. The Morgan fingerprint density at radius 3 is 2.75 bits per heavy atom. The van der Waals surface area contributed by atoms with E-state index in [1.54, 1.807) is 0 Å². The lowest BCUT2D eigenvalue weighted by atomic mass is 10.4. The van der Waals surface area contributed by atoms with Crippen molar-refractivity contribution in [3.05, 3.63) is 11.6 Å². The van der Waals surface area contributed by atoms with Crippen molar-refractivity contribution in [3.8, 4) is 0 Å². The number of hydrogen-bond acceptors (Lipinski definition) is 1. The number of allylic oxidation sites excluding steroid dienone is 1. The van der Waals surface area contributed by atoms with Crippen molar-refractivity contribution >= 4 is 5.97 Å². The quantitative estimate of drug-likeness (QED) is 0.514. The Morgan fingerprint density at radius 2 is 2.62 bits per heavy atom. The molecular weight excluding hydrogens is 104 g/mol. The molecule has 2 nitrogen and oxygen atoms in total. The van der Waals surface area contributed by atoms with Gasteiger partial charge in [0.05, 0.1) is 5.92 Å². The minimum absolute atomic E-state index is 0.139. The first-order chi connectivity index (χ1) is 3.75. The standard InChI is InChI=1S/C6H8O2/c1-2-4-3-5(4)6(7)8/h2,5H,3H2,1H3,(H,7,8)/b4-2+/t5-/m1/s1. The van der Waals surface area contributed by atoms with E-state index in [0.29, 0.717) is 0 Å². The van der Waals surface area contributed by atoms with Gasteiger partial charge in [0.2, 0.25) is 0 Å². The van der Waals surface area contributed by atoms with Crippen LogP contribution in [0.5, 0.6) is 0 Å². The van der Waals surface area contributed by atoms with E-state index in [1.807, 2.05) is 13.0 Å². The molecule has 0 radical (unpaired) electrons. The molecule has 8 heavy (non-hydrogen) atoms. The minimum atomic E-state index is -0.682. The Labute approximate surface area is 47.8 Å². The van der Waals surface area contributed by atoms with Gasteiger partial charge in [-0.3, -0.25) is 4.79 Å². The number of aliphatic carboxylic acids is 1. The summed E-state index contributed by atoms with van der Waals surface area (Å²) < 4.78 is 0. The van der Waals surface area contributed by atoms with Crippen LogP contribution in [-0.2, 0) is 4.79 Å². The third-order valence-corrected chi connectivity index (χ3v) is 1.40. The maximum Gasteiger partial charge on any atom is 0.310 e. The van der Waals surface area contributed by atoms with Crippen molar-refractivity contribution in [1.29, 1.82) is 0 Å². The predicted molar refractivity (Wildman–Crippen MR) is 29.5 cm³/mol. The molecule has 0 saturated heterocycles. The smallest absolute Gasteiger partial charge is 0.310 e. The van der Waals surface area contributed by atoms with Crippen LogP contribution in [0.1, 0.15) is 13.3 Å². The monoisotopic (exact) mass is 112 g/mol. The van der Waals surface area contributed by atoms with Crippen molar-refractivity contribution in [1.82, 2.24) is 0 Å². The van der Waals surface area contributed by atoms with Crippen LogP contribution >= 0.6 is 0 Å². The zero-order chi connectivity index (χ0) is 6.15. The summed E-state index contributed by atoms with van der Waals surface area (Å²) in [6.45, 7) is 1.87. The van der Waals surface area contributed by atoms with Crippen molar-refractivity contribution in [2.45, 2.75) is 13.3 Å². The van der Waals surface area contributed by atoms with Crippen LogP contribution in [0.15, 0.2) is 11.6 Å². The first-order valence-corrected chi connectivity index (χ1v) is 2.63. The summed E-state index contributed by atoms with van der Waals surface area (Å²) in [5.41, 5.74) is 1.07. The molecule has 1 N–H and O–H groups in total. The van der Waals surface area contributed by atoms with E-state index >= 15 is 0 Å². The number of rotatable bonds is 1. The van der Waals surface area contributed by atoms with E-state index in [1.165, 1.54) is 0 Å². The van der Waals surface area contributed by atoms with Crippen molar-refractivity contribution < 1.29 is 9.90 Å². The van der Waals surface area contributed by atoms with Crippen molar-refractivity contribution in [3.63, 3.8) is 0 Å². The highest BCUT2D eigenvalue weighted by atomic mass is 16.4. The zero-order valence-corrected chi connectivity index (χ0v) is 4.72. The largest absolute Gasteiger partial charge is 0.481 e. The van der Waals surface area contributed by atoms with Gasteiger partial charge in [-0.05, 0) is 13.3 Å². The SMILES string of the molecule is C/C=C1\C[C@H]1C(=O)O. The molecule has 0 bridgehead atoms. The van der Waals surface area contributed by atoms with Gasteiger partial charge >= 0.3 is 5.97 Å². The van der Waals surface area contributed by atoms with E-state index in [-0.39, 0.29) is 5.92 Å². The number of carboxylic acids is 1. The van der Waals surface area contributed by atoms with Crippen LogP contribution in [0.3, 0.4) is 0 Å². The average Bonchev–Trinajstić information content (AvgIpc) is 2.42. The van der Waals surface area contributed by atoms with Crippen LogP contribution in [-0.4, -0.2) is 11.1 Å². The molecule has 1 aliphatic carbocycles. The Morgan fingerprint density at radius 1 is 2.00 bits per heavy atom. The molecule has 1 rings (SSSR count). The zero-order valence-electron chi connectivity index (χ0n) is 4.72. The fraction of sp³-hybridized carbons (Fsp3) is 0.500. The lowest BCUT2D eigenvalue weighted by Crippen LogP contribution is -1.95. The van der Waals surface area contributed by atoms with Gasteiger partial charge in [0.25, 0.3) is 0 Å². The Kier molecular flexibility index (Phi) is 1.08. The molecular formula is C6H8O2. The van der Waals surface area contributed by atoms with Crippen LogP contribution < -0.4 is 0 Å². The summed E-state index contributed by atoms with van der Waals surface area (Å²) in [7, 11) is 0. The topological polar surface area (TPSA) is 37.3 Å². The summed E-state index contributed by atoms with van der Waals surface area (Å²) in [6.07, 6.45) is 2.64. The van der Waals surface area contributed by atoms with E-state index in [2.05, 4.69) is 0 Å². The Hall–Kier alpha value is -0.790. The average molecular weight is 112 g/mol. The summed E-state index contributed by atoms with van der Waals surface area (Å²) in [5, 5.41) is 8.31. The fourth-order valence-electron chi connectivity index (χ4n) is 0.742. The molecule has 1 aliphatic rings. The number of hydrogen-bond donors (Lipinski definition) is 1. The van der Waals surface area contributed by atoms with E-state index in [0.717, 1.165) is 12.0 Å².